The zero-order valence-electron chi connectivity index (χ0n) is 17.8. The van der Waals surface area contributed by atoms with Crippen LogP contribution in [-0.4, -0.2) is 11.5 Å². The summed E-state index contributed by atoms with van der Waals surface area (Å²) in [5.41, 5.74) is 7.20. The molecule has 0 spiro atoms. The van der Waals surface area contributed by atoms with E-state index in [0.717, 1.165) is 33.5 Å². The van der Waals surface area contributed by atoms with Gasteiger partial charge < -0.3 is 0 Å². The molecular weight excluding hydrogens is 376 g/mol. The molecule has 2 nitrogen and oxygen atoms in total. The molecule has 0 atom stereocenters. The Morgan fingerprint density at radius 2 is 1.42 bits per heavy atom. The van der Waals surface area contributed by atoms with Crippen molar-refractivity contribution in [2.75, 3.05) is 0 Å². The Bertz CT molecular complexity index is 1180. The monoisotopic (exact) mass is 402 g/mol. The summed E-state index contributed by atoms with van der Waals surface area (Å²) in [5, 5.41) is 0. The molecule has 3 rings (SSSR count). The zero-order valence-corrected chi connectivity index (χ0v) is 17.8. The topological polar surface area (TPSA) is 24.7 Å². The Kier molecular flexibility index (Phi) is 7.45. The number of nitrogens with zero attached hydrogens (tertiary/aromatic N) is 2. The molecule has 0 aliphatic rings. The molecule has 0 amide bonds. The predicted molar refractivity (Wildman–Crippen MR) is 136 cm³/mol. The van der Waals surface area contributed by atoms with Crippen LogP contribution in [0.15, 0.2) is 133 Å². The van der Waals surface area contributed by atoms with Gasteiger partial charge in [0.1, 0.15) is 0 Å². The Balaban J connectivity index is 1.99. The lowest BCUT2D eigenvalue weighted by Crippen LogP contribution is -2.04. The van der Waals surface area contributed by atoms with Gasteiger partial charge in [-0.3, -0.25) is 0 Å². The molecule has 0 heterocycles. The maximum Gasteiger partial charge on any atom is 0.159 e. The van der Waals surface area contributed by atoms with Crippen molar-refractivity contribution in [3.05, 3.63) is 140 Å². The quantitative estimate of drug-likeness (QED) is 0.222. The lowest BCUT2D eigenvalue weighted by atomic mass is 10.0. The minimum atomic E-state index is 0.612. The molecule has 0 aliphatic carbocycles. The van der Waals surface area contributed by atoms with Gasteiger partial charge in [-0.1, -0.05) is 105 Å². The van der Waals surface area contributed by atoms with Crippen LogP contribution in [0.4, 0.5) is 0 Å². The van der Waals surface area contributed by atoms with Crippen LogP contribution in [0.1, 0.15) is 23.6 Å². The highest BCUT2D eigenvalue weighted by Gasteiger charge is 2.07. The number of amidine groups is 1. The molecule has 0 aliphatic heterocycles. The summed E-state index contributed by atoms with van der Waals surface area (Å²) in [6.45, 7) is 13.4. The highest BCUT2D eigenvalue weighted by Crippen LogP contribution is 2.21. The van der Waals surface area contributed by atoms with Crippen molar-refractivity contribution in [2.45, 2.75) is 6.92 Å². The first-order valence-corrected chi connectivity index (χ1v) is 10.1. The van der Waals surface area contributed by atoms with Gasteiger partial charge in [0, 0.05) is 17.5 Å². The number of hydrogen-bond donors (Lipinski definition) is 0. The molecule has 2 heteroatoms. The maximum atomic E-state index is 4.84. The first kappa shape index (κ1) is 21.7. The van der Waals surface area contributed by atoms with Crippen LogP contribution >= 0.6 is 0 Å². The summed E-state index contributed by atoms with van der Waals surface area (Å²) < 4.78 is 0. The summed E-state index contributed by atoms with van der Waals surface area (Å²) in [6.07, 6.45) is 7.02. The molecule has 3 aromatic carbocycles. The second-order valence-corrected chi connectivity index (χ2v) is 6.92. The molecule has 0 aromatic heterocycles. The minimum Gasteiger partial charge on any atom is -0.237 e. The highest BCUT2D eigenvalue weighted by atomic mass is 14.9. The Morgan fingerprint density at radius 1 is 0.742 bits per heavy atom. The van der Waals surface area contributed by atoms with Crippen molar-refractivity contribution in [2.24, 2.45) is 9.98 Å². The van der Waals surface area contributed by atoms with E-state index in [1.807, 2.05) is 55.5 Å². The van der Waals surface area contributed by atoms with Gasteiger partial charge in [-0.05, 0) is 46.9 Å². The second-order valence-electron chi connectivity index (χ2n) is 6.92. The fraction of sp³-hybridized carbons (Fsp3) is 0.0345. The van der Waals surface area contributed by atoms with Gasteiger partial charge in [0.25, 0.3) is 0 Å². The summed E-state index contributed by atoms with van der Waals surface area (Å²) in [6, 6.07) is 26.8. The third-order valence-electron chi connectivity index (χ3n) is 4.85. The Labute approximate surface area is 185 Å². The van der Waals surface area contributed by atoms with Crippen molar-refractivity contribution in [1.29, 1.82) is 0 Å². The summed E-state index contributed by atoms with van der Waals surface area (Å²) in [5.74, 6) is 0.612. The Morgan fingerprint density at radius 3 is 2.13 bits per heavy atom. The van der Waals surface area contributed by atoms with Gasteiger partial charge >= 0.3 is 0 Å². The average Bonchev–Trinajstić information content (AvgIpc) is 2.83. The SMILES string of the molecule is C=C/C=C(\C=C)c1cccc(C(N=C(C)c2cccc(-c3ccccc3)c2)=NC=C)c1. The van der Waals surface area contributed by atoms with Crippen molar-refractivity contribution < 1.29 is 0 Å². The number of aliphatic imine (C=N–C) groups is 2. The third kappa shape index (κ3) is 5.52. The van der Waals surface area contributed by atoms with E-state index in [4.69, 9.17) is 4.99 Å². The van der Waals surface area contributed by atoms with E-state index in [2.05, 4.69) is 67.2 Å². The summed E-state index contributed by atoms with van der Waals surface area (Å²) >= 11 is 0. The van der Waals surface area contributed by atoms with Crippen LogP contribution in [-0.2, 0) is 0 Å². The predicted octanol–water partition coefficient (Wildman–Crippen LogP) is 7.51. The van der Waals surface area contributed by atoms with Crippen molar-refractivity contribution >= 4 is 17.1 Å². The lowest BCUT2D eigenvalue weighted by Gasteiger charge is -2.09. The number of rotatable bonds is 7. The molecule has 0 saturated heterocycles. The second kappa shape index (κ2) is 10.7. The average molecular weight is 403 g/mol. The number of hydrogen-bond acceptors (Lipinski definition) is 1. The zero-order chi connectivity index (χ0) is 22.1. The largest absolute Gasteiger partial charge is 0.237 e. The minimum absolute atomic E-state index is 0.612. The molecule has 0 fully saturated rings. The van der Waals surface area contributed by atoms with Crippen molar-refractivity contribution in [3.8, 4) is 11.1 Å². The fourth-order valence-electron chi connectivity index (χ4n) is 3.28. The van der Waals surface area contributed by atoms with E-state index >= 15 is 0 Å². The van der Waals surface area contributed by atoms with Crippen molar-refractivity contribution in [3.63, 3.8) is 0 Å². The summed E-state index contributed by atoms with van der Waals surface area (Å²) in [7, 11) is 0. The van der Waals surface area contributed by atoms with Crippen LogP contribution < -0.4 is 0 Å². The lowest BCUT2D eigenvalue weighted by molar-refractivity contribution is 1.44. The third-order valence-corrected chi connectivity index (χ3v) is 4.85. The standard InChI is InChI=1S/C29H26N2/c1-5-13-23(6-2)26-17-12-19-28(21-26)29(30-7-3)31-22(4)25-16-11-18-27(20-25)24-14-9-8-10-15-24/h5-21H,1-3H2,4H3/b23-13+,30-29?,31-22?. The van der Waals surface area contributed by atoms with E-state index in [-0.39, 0.29) is 0 Å². The van der Waals surface area contributed by atoms with Gasteiger partial charge in [0.05, 0.1) is 0 Å². The molecule has 3 aromatic rings. The molecular formula is C29H26N2. The normalized spacial score (nSPS) is 12.4. The molecule has 0 N–H and O–H groups in total. The van der Waals surface area contributed by atoms with Crippen LogP contribution in [0.25, 0.3) is 16.7 Å². The van der Waals surface area contributed by atoms with E-state index < -0.39 is 0 Å². The van der Waals surface area contributed by atoms with E-state index in [9.17, 15) is 0 Å². The molecule has 0 saturated carbocycles. The van der Waals surface area contributed by atoms with Gasteiger partial charge in [-0.25, -0.2) is 9.98 Å². The van der Waals surface area contributed by atoms with E-state index in [1.54, 1.807) is 6.08 Å². The first-order chi connectivity index (χ1) is 15.2. The number of allylic oxidation sites excluding steroid dienone is 4. The van der Waals surface area contributed by atoms with Crippen LogP contribution in [0.3, 0.4) is 0 Å². The maximum absolute atomic E-state index is 4.84. The fourth-order valence-corrected chi connectivity index (χ4v) is 3.28. The van der Waals surface area contributed by atoms with Gasteiger partial charge in [0.2, 0.25) is 0 Å². The molecule has 0 unspecified atom stereocenters. The van der Waals surface area contributed by atoms with Gasteiger partial charge in [-0.2, -0.15) is 0 Å². The van der Waals surface area contributed by atoms with Crippen molar-refractivity contribution in [1.82, 2.24) is 0 Å². The molecule has 152 valence electrons. The molecule has 31 heavy (non-hydrogen) atoms. The van der Waals surface area contributed by atoms with E-state index in [0.29, 0.717) is 5.84 Å². The molecule has 0 bridgehead atoms. The van der Waals surface area contributed by atoms with E-state index in [1.165, 1.54) is 11.8 Å². The van der Waals surface area contributed by atoms with Crippen LogP contribution in [0.5, 0.6) is 0 Å². The smallest absolute Gasteiger partial charge is 0.159 e. The highest BCUT2D eigenvalue weighted by molar-refractivity contribution is 6.12. The molecule has 0 radical (unpaired) electrons. The Hall–Kier alpha value is -4.04. The van der Waals surface area contributed by atoms with Gasteiger partial charge in [0.15, 0.2) is 5.84 Å². The van der Waals surface area contributed by atoms with Gasteiger partial charge in [-0.15, -0.1) is 0 Å². The first-order valence-electron chi connectivity index (χ1n) is 10.1. The van der Waals surface area contributed by atoms with Crippen LogP contribution in [0, 0.1) is 0 Å². The number of benzene rings is 3. The van der Waals surface area contributed by atoms with Crippen LogP contribution in [0.2, 0.25) is 0 Å². The summed E-state index contributed by atoms with van der Waals surface area (Å²) in [4.78, 5) is 9.28.